The highest BCUT2D eigenvalue weighted by Crippen LogP contribution is 2.41. The first-order valence-electron chi connectivity index (χ1n) is 7.07. The minimum atomic E-state index is -0.471. The number of esters is 1. The van der Waals surface area contributed by atoms with Crippen LogP contribution < -0.4 is 0 Å². The molecule has 0 bridgehead atoms. The number of carbonyl (C=O) groups excluding carboxylic acids is 1. The van der Waals surface area contributed by atoms with Crippen LogP contribution in [-0.4, -0.2) is 30.6 Å². The fraction of sp³-hybridized carbons (Fsp3) is 0.929. The largest absolute Gasteiger partial charge is 0.463 e. The highest BCUT2D eigenvalue weighted by Gasteiger charge is 2.48. The molecule has 2 aliphatic rings. The van der Waals surface area contributed by atoms with Gasteiger partial charge in [0.1, 0.15) is 12.2 Å². The van der Waals surface area contributed by atoms with Crippen molar-refractivity contribution >= 4 is 5.97 Å². The topological polar surface area (TPSA) is 44.8 Å². The molecule has 18 heavy (non-hydrogen) atoms. The number of carbonyl (C=O) groups is 1. The van der Waals surface area contributed by atoms with Gasteiger partial charge in [0.15, 0.2) is 5.79 Å². The molecule has 0 amide bonds. The van der Waals surface area contributed by atoms with Gasteiger partial charge in [0, 0.05) is 19.3 Å². The minimum Gasteiger partial charge on any atom is -0.463 e. The lowest BCUT2D eigenvalue weighted by Gasteiger charge is -2.33. The average molecular weight is 256 g/mol. The SMILES string of the molecule is CCCC(=O)OC[C@@]1(C)COC2(CCCCC2)O1. The van der Waals surface area contributed by atoms with Crippen molar-refractivity contribution in [2.45, 2.75) is 70.2 Å². The first-order chi connectivity index (χ1) is 8.58. The molecule has 104 valence electrons. The van der Waals surface area contributed by atoms with Crippen molar-refractivity contribution in [3.63, 3.8) is 0 Å². The second-order valence-corrected chi connectivity index (χ2v) is 5.72. The summed E-state index contributed by atoms with van der Waals surface area (Å²) in [7, 11) is 0. The van der Waals surface area contributed by atoms with Gasteiger partial charge < -0.3 is 14.2 Å². The van der Waals surface area contributed by atoms with Crippen LogP contribution in [0.1, 0.15) is 58.8 Å². The maximum absolute atomic E-state index is 11.4. The fourth-order valence-electron chi connectivity index (χ4n) is 2.71. The number of ether oxygens (including phenoxy) is 3. The molecule has 1 saturated heterocycles. The van der Waals surface area contributed by atoms with E-state index in [2.05, 4.69) is 0 Å². The molecule has 0 unspecified atom stereocenters. The van der Waals surface area contributed by atoms with Crippen molar-refractivity contribution in [3.8, 4) is 0 Å². The van der Waals surface area contributed by atoms with E-state index in [1.54, 1.807) is 0 Å². The van der Waals surface area contributed by atoms with Crippen molar-refractivity contribution in [1.82, 2.24) is 0 Å². The number of rotatable bonds is 4. The number of hydrogen-bond donors (Lipinski definition) is 0. The van der Waals surface area contributed by atoms with Crippen LogP contribution in [0.2, 0.25) is 0 Å². The summed E-state index contributed by atoms with van der Waals surface area (Å²) in [5.74, 6) is -0.545. The molecule has 2 fully saturated rings. The zero-order chi connectivity index (χ0) is 13.1. The molecule has 1 aliphatic heterocycles. The van der Waals surface area contributed by atoms with Gasteiger partial charge in [-0.2, -0.15) is 0 Å². The molecule has 2 rings (SSSR count). The van der Waals surface area contributed by atoms with Crippen molar-refractivity contribution in [2.24, 2.45) is 0 Å². The third-order valence-electron chi connectivity index (χ3n) is 3.68. The van der Waals surface area contributed by atoms with E-state index >= 15 is 0 Å². The van der Waals surface area contributed by atoms with Crippen molar-refractivity contribution < 1.29 is 19.0 Å². The average Bonchev–Trinajstić information content (AvgIpc) is 2.67. The summed E-state index contributed by atoms with van der Waals surface area (Å²) in [6, 6.07) is 0. The molecule has 4 nitrogen and oxygen atoms in total. The maximum atomic E-state index is 11.4. The lowest BCUT2D eigenvalue weighted by Crippen LogP contribution is -2.39. The Labute approximate surface area is 109 Å². The molecule has 1 aliphatic carbocycles. The first-order valence-corrected chi connectivity index (χ1v) is 7.07. The summed E-state index contributed by atoms with van der Waals surface area (Å²) in [6.07, 6.45) is 6.80. The summed E-state index contributed by atoms with van der Waals surface area (Å²) >= 11 is 0. The second-order valence-electron chi connectivity index (χ2n) is 5.72. The van der Waals surface area contributed by atoms with E-state index in [0.717, 1.165) is 32.1 Å². The molecular formula is C14H24O4. The minimum absolute atomic E-state index is 0.146. The molecule has 0 aromatic heterocycles. The maximum Gasteiger partial charge on any atom is 0.305 e. The molecule has 1 heterocycles. The zero-order valence-corrected chi connectivity index (χ0v) is 11.5. The van der Waals surface area contributed by atoms with Crippen LogP contribution in [0.5, 0.6) is 0 Å². The van der Waals surface area contributed by atoms with Crippen LogP contribution in [-0.2, 0) is 19.0 Å². The van der Waals surface area contributed by atoms with E-state index in [1.807, 2.05) is 13.8 Å². The van der Waals surface area contributed by atoms with E-state index in [-0.39, 0.29) is 5.97 Å². The van der Waals surface area contributed by atoms with Crippen LogP contribution in [0.15, 0.2) is 0 Å². The predicted octanol–water partition coefficient (Wildman–Crippen LogP) is 2.80. The standard InChI is InChI=1S/C14H24O4/c1-3-7-12(15)16-10-13(2)11-17-14(18-13)8-5-4-6-9-14/h3-11H2,1-2H3/t13-/m0/s1. The molecule has 1 spiro atoms. The Bertz CT molecular complexity index is 296. The van der Waals surface area contributed by atoms with Gasteiger partial charge >= 0.3 is 5.97 Å². The van der Waals surface area contributed by atoms with Crippen molar-refractivity contribution in [1.29, 1.82) is 0 Å². The molecular weight excluding hydrogens is 232 g/mol. The summed E-state index contributed by atoms with van der Waals surface area (Å²) in [4.78, 5) is 11.4. The fourth-order valence-corrected chi connectivity index (χ4v) is 2.71. The Hall–Kier alpha value is -0.610. The molecule has 0 aromatic rings. The van der Waals surface area contributed by atoms with Gasteiger partial charge in [-0.3, -0.25) is 4.79 Å². The summed E-state index contributed by atoms with van der Waals surface area (Å²) < 4.78 is 17.2. The third-order valence-corrected chi connectivity index (χ3v) is 3.68. The smallest absolute Gasteiger partial charge is 0.305 e. The Balaban J connectivity index is 1.83. The van der Waals surface area contributed by atoms with Crippen LogP contribution >= 0.6 is 0 Å². The molecule has 1 atom stereocenters. The summed E-state index contributed by atoms with van der Waals surface area (Å²) in [5.41, 5.74) is -0.471. The normalized spacial score (nSPS) is 30.6. The Kier molecular flexibility index (Phi) is 4.28. The predicted molar refractivity (Wildman–Crippen MR) is 67.1 cm³/mol. The van der Waals surface area contributed by atoms with Crippen LogP contribution in [0.3, 0.4) is 0 Å². The van der Waals surface area contributed by atoms with Gasteiger partial charge in [-0.1, -0.05) is 13.3 Å². The van der Waals surface area contributed by atoms with Gasteiger partial charge in [-0.25, -0.2) is 0 Å². The molecule has 4 heteroatoms. The third kappa shape index (κ3) is 3.23. The zero-order valence-electron chi connectivity index (χ0n) is 11.5. The van der Waals surface area contributed by atoms with E-state index < -0.39 is 11.4 Å². The van der Waals surface area contributed by atoms with Gasteiger partial charge in [-0.05, 0) is 26.2 Å². The van der Waals surface area contributed by atoms with E-state index in [9.17, 15) is 4.79 Å². The van der Waals surface area contributed by atoms with Gasteiger partial charge in [0.25, 0.3) is 0 Å². The lowest BCUT2D eigenvalue weighted by atomic mass is 9.94. The summed E-state index contributed by atoms with van der Waals surface area (Å²) in [5, 5.41) is 0. The van der Waals surface area contributed by atoms with Crippen LogP contribution in [0.25, 0.3) is 0 Å². The van der Waals surface area contributed by atoms with E-state index in [4.69, 9.17) is 14.2 Å². The van der Waals surface area contributed by atoms with Gasteiger partial charge in [-0.15, -0.1) is 0 Å². The van der Waals surface area contributed by atoms with Crippen molar-refractivity contribution in [3.05, 3.63) is 0 Å². The highest BCUT2D eigenvalue weighted by atomic mass is 16.8. The van der Waals surface area contributed by atoms with E-state index in [0.29, 0.717) is 19.6 Å². The Morgan fingerprint density at radius 3 is 2.67 bits per heavy atom. The molecule has 0 radical (unpaired) electrons. The second kappa shape index (κ2) is 5.57. The Morgan fingerprint density at radius 1 is 1.28 bits per heavy atom. The lowest BCUT2D eigenvalue weighted by molar-refractivity contribution is -0.210. The monoisotopic (exact) mass is 256 g/mol. The molecule has 0 aromatic carbocycles. The van der Waals surface area contributed by atoms with Crippen LogP contribution in [0, 0.1) is 0 Å². The van der Waals surface area contributed by atoms with Gasteiger partial charge in [0.05, 0.1) is 6.61 Å². The molecule has 1 saturated carbocycles. The van der Waals surface area contributed by atoms with E-state index in [1.165, 1.54) is 6.42 Å². The quantitative estimate of drug-likeness (QED) is 0.725. The number of hydrogen-bond acceptors (Lipinski definition) is 4. The van der Waals surface area contributed by atoms with Crippen molar-refractivity contribution in [2.75, 3.05) is 13.2 Å². The molecule has 0 N–H and O–H groups in total. The van der Waals surface area contributed by atoms with Crippen LogP contribution in [0.4, 0.5) is 0 Å². The first kappa shape index (κ1) is 13.8. The summed E-state index contributed by atoms with van der Waals surface area (Å²) in [6.45, 7) is 4.75. The highest BCUT2D eigenvalue weighted by molar-refractivity contribution is 5.69. The van der Waals surface area contributed by atoms with Gasteiger partial charge in [0.2, 0.25) is 0 Å². The Morgan fingerprint density at radius 2 is 2.00 bits per heavy atom.